The number of nitrogens with one attached hydrogen (secondary N) is 1. The van der Waals surface area contributed by atoms with Crippen molar-refractivity contribution in [1.29, 1.82) is 0 Å². The van der Waals surface area contributed by atoms with Gasteiger partial charge in [-0.2, -0.15) is 0 Å². The molecule has 2 heterocycles. The molecule has 27 heavy (non-hydrogen) atoms. The van der Waals surface area contributed by atoms with Crippen LogP contribution in [0.15, 0.2) is 29.4 Å². The summed E-state index contributed by atoms with van der Waals surface area (Å²) >= 11 is 1.33. The molecule has 0 unspecified atom stereocenters. The number of carbonyl (C=O) groups excluding carboxylic acids is 1. The van der Waals surface area contributed by atoms with Gasteiger partial charge in [-0.3, -0.25) is 4.79 Å². The highest BCUT2D eigenvalue weighted by atomic mass is 32.2. The molecule has 3 N–H and O–H groups in total. The molecule has 1 aliphatic heterocycles. The average molecular weight is 387 g/mol. The summed E-state index contributed by atoms with van der Waals surface area (Å²) in [6.45, 7) is 4.08. The lowest BCUT2D eigenvalue weighted by Crippen LogP contribution is -2.29. The van der Waals surface area contributed by atoms with Gasteiger partial charge in [-0.1, -0.05) is 11.8 Å². The van der Waals surface area contributed by atoms with Crippen LogP contribution in [0.5, 0.6) is 0 Å². The fraction of sp³-hybridized carbons (Fsp3) is 0.526. The fourth-order valence-electron chi connectivity index (χ4n) is 3.35. The average Bonchev–Trinajstić information content (AvgIpc) is 3.47. The summed E-state index contributed by atoms with van der Waals surface area (Å²) in [6, 6.07) is 8.10. The van der Waals surface area contributed by atoms with Crippen LogP contribution in [-0.4, -0.2) is 39.1 Å². The van der Waals surface area contributed by atoms with Crippen LogP contribution in [0.4, 0.5) is 11.4 Å². The number of nitrogen functional groups attached to an aromatic ring is 1. The van der Waals surface area contributed by atoms with E-state index in [1.807, 2.05) is 19.1 Å². The van der Waals surface area contributed by atoms with Gasteiger partial charge in [-0.05, 0) is 63.3 Å². The standard InChI is InChI=1S/C19H26N6OS/c1-13(27-19-23-22-17(25(19)20)14-5-6-14)18(26)21-15-7-9-16(10-8-15)24-11-3-2-4-12-24/h7-10,13-14H,2-6,11-12,20H2,1H3,(H,21,26)/t13-/m1/s1. The Morgan fingerprint density at radius 2 is 1.89 bits per heavy atom. The quantitative estimate of drug-likeness (QED) is 0.586. The van der Waals surface area contributed by atoms with Gasteiger partial charge in [-0.15, -0.1) is 10.2 Å². The van der Waals surface area contributed by atoms with Gasteiger partial charge in [0.1, 0.15) is 0 Å². The van der Waals surface area contributed by atoms with Crippen molar-refractivity contribution in [1.82, 2.24) is 14.9 Å². The van der Waals surface area contributed by atoms with Crippen LogP contribution in [0.3, 0.4) is 0 Å². The molecule has 4 rings (SSSR count). The highest BCUT2D eigenvalue weighted by Crippen LogP contribution is 2.39. The first-order chi connectivity index (χ1) is 13.1. The number of piperidine rings is 1. The maximum Gasteiger partial charge on any atom is 0.237 e. The van der Waals surface area contributed by atoms with Crippen molar-refractivity contribution in [2.75, 3.05) is 29.1 Å². The maximum absolute atomic E-state index is 12.5. The highest BCUT2D eigenvalue weighted by Gasteiger charge is 2.30. The van der Waals surface area contributed by atoms with Crippen LogP contribution >= 0.6 is 11.8 Å². The van der Waals surface area contributed by atoms with Crippen molar-refractivity contribution in [3.8, 4) is 0 Å². The molecule has 2 aromatic rings. The second-order valence-corrected chi connectivity index (χ2v) is 8.64. The molecule has 0 bridgehead atoms. The molecule has 1 saturated heterocycles. The van der Waals surface area contributed by atoms with Gasteiger partial charge in [0.05, 0.1) is 5.25 Å². The van der Waals surface area contributed by atoms with E-state index < -0.39 is 0 Å². The smallest absolute Gasteiger partial charge is 0.237 e. The van der Waals surface area contributed by atoms with Gasteiger partial charge in [0.2, 0.25) is 11.1 Å². The molecular weight excluding hydrogens is 360 g/mol. The lowest BCUT2D eigenvalue weighted by atomic mass is 10.1. The van der Waals surface area contributed by atoms with Crippen LogP contribution in [0.1, 0.15) is 50.8 Å². The number of aromatic nitrogens is 3. The first-order valence-electron chi connectivity index (χ1n) is 9.65. The molecule has 2 fully saturated rings. The third kappa shape index (κ3) is 4.21. The Morgan fingerprint density at radius 1 is 1.19 bits per heavy atom. The van der Waals surface area contributed by atoms with E-state index in [1.165, 1.54) is 41.4 Å². The molecule has 1 aliphatic carbocycles. The molecule has 1 aromatic carbocycles. The zero-order valence-corrected chi connectivity index (χ0v) is 16.4. The van der Waals surface area contributed by atoms with Crippen LogP contribution < -0.4 is 16.1 Å². The molecule has 144 valence electrons. The predicted molar refractivity (Wildman–Crippen MR) is 109 cm³/mol. The van der Waals surface area contributed by atoms with Gasteiger partial charge in [-0.25, -0.2) is 4.68 Å². The Hall–Kier alpha value is -2.22. The number of carbonyl (C=O) groups is 1. The van der Waals surface area contributed by atoms with Crippen molar-refractivity contribution in [3.05, 3.63) is 30.1 Å². The Kier molecular flexibility index (Phi) is 5.24. The molecule has 1 amide bonds. The minimum Gasteiger partial charge on any atom is -0.372 e. The zero-order valence-electron chi connectivity index (χ0n) is 15.6. The van der Waals surface area contributed by atoms with E-state index in [2.05, 4.69) is 32.5 Å². The van der Waals surface area contributed by atoms with Crippen molar-refractivity contribution in [2.45, 2.75) is 55.4 Å². The number of anilines is 2. The third-order valence-corrected chi connectivity index (χ3v) is 6.20. The first kappa shape index (κ1) is 18.2. The minimum absolute atomic E-state index is 0.0679. The lowest BCUT2D eigenvalue weighted by Gasteiger charge is -2.28. The van der Waals surface area contributed by atoms with Crippen LogP contribution in [0.2, 0.25) is 0 Å². The molecule has 8 heteroatoms. The summed E-state index contributed by atoms with van der Waals surface area (Å²) in [5.41, 5.74) is 2.03. The normalized spacial score (nSPS) is 18.3. The van der Waals surface area contributed by atoms with Crippen LogP contribution in [0, 0.1) is 0 Å². The number of amides is 1. The van der Waals surface area contributed by atoms with E-state index in [0.717, 1.165) is 37.4 Å². The summed E-state index contributed by atoms with van der Waals surface area (Å²) < 4.78 is 1.53. The summed E-state index contributed by atoms with van der Waals surface area (Å²) in [5.74, 6) is 7.25. The maximum atomic E-state index is 12.5. The van der Waals surface area contributed by atoms with E-state index in [9.17, 15) is 4.79 Å². The molecule has 0 radical (unpaired) electrons. The first-order valence-corrected chi connectivity index (χ1v) is 10.5. The van der Waals surface area contributed by atoms with Crippen LogP contribution in [-0.2, 0) is 4.79 Å². The molecule has 1 atom stereocenters. The topological polar surface area (TPSA) is 89.1 Å². The Balaban J connectivity index is 1.34. The van der Waals surface area contributed by atoms with E-state index in [1.54, 1.807) is 0 Å². The summed E-state index contributed by atoms with van der Waals surface area (Å²) in [5, 5.41) is 11.5. The summed E-state index contributed by atoms with van der Waals surface area (Å²) in [6.07, 6.45) is 6.05. The molecule has 2 aliphatic rings. The van der Waals surface area contributed by atoms with Gasteiger partial charge in [0.25, 0.3) is 0 Å². The van der Waals surface area contributed by atoms with Crippen molar-refractivity contribution < 1.29 is 4.79 Å². The number of thioether (sulfide) groups is 1. The van der Waals surface area contributed by atoms with E-state index >= 15 is 0 Å². The second kappa shape index (κ2) is 7.80. The molecule has 7 nitrogen and oxygen atoms in total. The largest absolute Gasteiger partial charge is 0.372 e. The van der Waals surface area contributed by atoms with Crippen molar-refractivity contribution >= 4 is 29.0 Å². The van der Waals surface area contributed by atoms with E-state index in [0.29, 0.717) is 11.1 Å². The van der Waals surface area contributed by atoms with Gasteiger partial charge >= 0.3 is 0 Å². The molecule has 1 aromatic heterocycles. The second-order valence-electron chi connectivity index (χ2n) is 7.33. The Morgan fingerprint density at radius 3 is 2.56 bits per heavy atom. The van der Waals surface area contributed by atoms with Crippen LogP contribution in [0.25, 0.3) is 0 Å². The van der Waals surface area contributed by atoms with E-state index in [-0.39, 0.29) is 11.2 Å². The number of nitrogens with two attached hydrogens (primary N) is 1. The molecule has 1 saturated carbocycles. The lowest BCUT2D eigenvalue weighted by molar-refractivity contribution is -0.115. The third-order valence-electron chi connectivity index (χ3n) is 5.14. The SMILES string of the molecule is C[C@@H](Sc1nnc(C2CC2)n1N)C(=O)Nc1ccc(N2CCCCC2)cc1. The molecule has 0 spiro atoms. The zero-order chi connectivity index (χ0) is 18.8. The van der Waals surface area contributed by atoms with Gasteiger partial charge < -0.3 is 16.1 Å². The Bertz CT molecular complexity index is 795. The fourth-order valence-corrected chi connectivity index (χ4v) is 4.13. The van der Waals surface area contributed by atoms with Gasteiger partial charge in [0.15, 0.2) is 5.82 Å². The van der Waals surface area contributed by atoms with Gasteiger partial charge in [0, 0.05) is 30.4 Å². The minimum atomic E-state index is -0.315. The number of nitrogens with zero attached hydrogens (tertiary/aromatic N) is 4. The Labute approximate surface area is 163 Å². The summed E-state index contributed by atoms with van der Waals surface area (Å²) in [7, 11) is 0. The summed E-state index contributed by atoms with van der Waals surface area (Å²) in [4.78, 5) is 14.9. The van der Waals surface area contributed by atoms with Crippen molar-refractivity contribution in [2.24, 2.45) is 0 Å². The monoisotopic (exact) mass is 386 g/mol. The number of hydrogen-bond acceptors (Lipinski definition) is 6. The highest BCUT2D eigenvalue weighted by molar-refractivity contribution is 8.00. The number of hydrogen-bond donors (Lipinski definition) is 2. The van der Waals surface area contributed by atoms with E-state index in [4.69, 9.17) is 5.84 Å². The van der Waals surface area contributed by atoms with Crippen molar-refractivity contribution in [3.63, 3.8) is 0 Å². The number of benzene rings is 1. The molecular formula is C19H26N6OS. The predicted octanol–water partition coefficient (Wildman–Crippen LogP) is 2.98. The number of rotatable bonds is 6.